The Morgan fingerprint density at radius 1 is 1.31 bits per heavy atom. The van der Waals surface area contributed by atoms with Crippen molar-refractivity contribution in [2.24, 2.45) is 11.1 Å². The van der Waals surface area contributed by atoms with Crippen molar-refractivity contribution in [3.05, 3.63) is 18.2 Å². The first-order valence-electron chi connectivity index (χ1n) is 8.33. The molecule has 1 aliphatic carbocycles. The standard InChI is InChI=1S/C18H27N3O4.ClH/c1-6-25-15-10-18(19,17(15,3)4)16(23)21-12-7-8-14(24-5)13(9-12)20-11(2)22;/h7-9,15H,6,10,19H2,1-5H3,(H,20,22)(H,21,23);1H. The van der Waals surface area contributed by atoms with E-state index in [0.29, 0.717) is 30.2 Å². The van der Waals surface area contributed by atoms with Crippen LogP contribution in [0.1, 0.15) is 34.1 Å². The van der Waals surface area contributed by atoms with E-state index >= 15 is 0 Å². The molecule has 2 rings (SSSR count). The molecule has 1 fully saturated rings. The number of nitrogens with two attached hydrogens (primary N) is 1. The zero-order valence-corrected chi connectivity index (χ0v) is 16.7. The van der Waals surface area contributed by atoms with Crippen molar-refractivity contribution in [3.63, 3.8) is 0 Å². The number of halogens is 1. The summed E-state index contributed by atoms with van der Waals surface area (Å²) in [5.74, 6) is 0.0141. The van der Waals surface area contributed by atoms with E-state index in [9.17, 15) is 9.59 Å². The molecule has 7 nitrogen and oxygen atoms in total. The number of rotatable bonds is 6. The van der Waals surface area contributed by atoms with Crippen molar-refractivity contribution < 1.29 is 19.1 Å². The predicted molar refractivity (Wildman–Crippen MR) is 104 cm³/mol. The molecule has 1 aliphatic rings. The van der Waals surface area contributed by atoms with E-state index < -0.39 is 11.0 Å². The van der Waals surface area contributed by atoms with Crippen molar-refractivity contribution in [1.29, 1.82) is 0 Å². The maximum Gasteiger partial charge on any atom is 0.245 e. The normalized spacial score (nSPS) is 23.2. The maximum atomic E-state index is 12.8. The number of hydrogen-bond donors (Lipinski definition) is 3. The first kappa shape index (κ1) is 22.2. The molecule has 0 aromatic heterocycles. The summed E-state index contributed by atoms with van der Waals surface area (Å²) in [6.07, 6.45) is 0.424. The van der Waals surface area contributed by atoms with Gasteiger partial charge in [0.05, 0.1) is 18.9 Å². The summed E-state index contributed by atoms with van der Waals surface area (Å²) in [6, 6.07) is 5.03. The second-order valence-corrected chi connectivity index (χ2v) is 6.89. The molecular weight excluding hydrogens is 358 g/mol. The van der Waals surface area contributed by atoms with Crippen molar-refractivity contribution >= 4 is 35.6 Å². The first-order chi connectivity index (χ1) is 11.7. The molecule has 4 N–H and O–H groups in total. The molecule has 0 heterocycles. The minimum Gasteiger partial charge on any atom is -0.495 e. The fraction of sp³-hybridized carbons (Fsp3) is 0.556. The van der Waals surface area contributed by atoms with E-state index in [-0.39, 0.29) is 30.3 Å². The van der Waals surface area contributed by atoms with Crippen molar-refractivity contribution in [2.45, 2.75) is 45.8 Å². The Balaban J connectivity index is 0.00000338. The number of nitrogens with one attached hydrogen (secondary N) is 2. The van der Waals surface area contributed by atoms with Crippen LogP contribution in [0.4, 0.5) is 11.4 Å². The average Bonchev–Trinajstić information content (AvgIpc) is 2.54. The number of benzene rings is 1. The third-order valence-electron chi connectivity index (χ3n) is 5.00. The van der Waals surface area contributed by atoms with Gasteiger partial charge in [0.1, 0.15) is 11.3 Å². The Labute approximate surface area is 160 Å². The summed E-state index contributed by atoms with van der Waals surface area (Å²) in [5.41, 5.74) is 5.92. The SMILES string of the molecule is CCOC1CC(N)(C(=O)Nc2ccc(OC)c(NC(C)=O)c2)C1(C)C.Cl. The van der Waals surface area contributed by atoms with Crippen LogP contribution < -0.4 is 21.1 Å². The lowest BCUT2D eigenvalue weighted by molar-refractivity contribution is -0.166. The van der Waals surface area contributed by atoms with Crippen LogP contribution >= 0.6 is 12.4 Å². The highest BCUT2D eigenvalue weighted by atomic mass is 35.5. The summed E-state index contributed by atoms with van der Waals surface area (Å²) in [4.78, 5) is 24.1. The molecule has 2 amide bonds. The lowest BCUT2D eigenvalue weighted by Gasteiger charge is -2.57. The van der Waals surface area contributed by atoms with Gasteiger partial charge >= 0.3 is 0 Å². The number of carbonyl (C=O) groups is 2. The monoisotopic (exact) mass is 385 g/mol. The molecule has 2 atom stereocenters. The van der Waals surface area contributed by atoms with Crippen molar-refractivity contribution in [2.75, 3.05) is 24.4 Å². The lowest BCUT2D eigenvalue weighted by Crippen LogP contribution is -2.74. The fourth-order valence-corrected chi connectivity index (χ4v) is 3.14. The van der Waals surface area contributed by atoms with E-state index in [1.165, 1.54) is 14.0 Å². The molecule has 0 spiro atoms. The highest BCUT2D eigenvalue weighted by Crippen LogP contribution is 2.50. The molecule has 0 aliphatic heterocycles. The van der Waals surface area contributed by atoms with Gasteiger partial charge in [0.25, 0.3) is 0 Å². The zero-order valence-electron chi connectivity index (χ0n) is 15.8. The Morgan fingerprint density at radius 2 is 1.96 bits per heavy atom. The quantitative estimate of drug-likeness (QED) is 0.698. The number of ether oxygens (including phenoxy) is 2. The molecule has 0 bridgehead atoms. The van der Waals surface area contributed by atoms with Gasteiger partial charge in [0.2, 0.25) is 11.8 Å². The van der Waals surface area contributed by atoms with Crippen LogP contribution in [0.25, 0.3) is 0 Å². The van der Waals surface area contributed by atoms with Crippen LogP contribution in [0.2, 0.25) is 0 Å². The molecule has 0 radical (unpaired) electrons. The Bertz CT molecular complexity index is 680. The lowest BCUT2D eigenvalue weighted by atomic mass is 9.54. The van der Waals surface area contributed by atoms with Crippen molar-refractivity contribution in [3.8, 4) is 5.75 Å². The molecule has 1 aromatic rings. The summed E-state index contributed by atoms with van der Waals surface area (Å²) in [5, 5.41) is 5.52. The highest BCUT2D eigenvalue weighted by molar-refractivity contribution is 6.01. The Morgan fingerprint density at radius 3 is 2.46 bits per heavy atom. The number of hydrogen-bond acceptors (Lipinski definition) is 5. The van der Waals surface area contributed by atoms with Crippen LogP contribution in [0.5, 0.6) is 5.75 Å². The molecule has 146 valence electrons. The van der Waals surface area contributed by atoms with Crippen molar-refractivity contribution in [1.82, 2.24) is 0 Å². The third kappa shape index (κ3) is 3.95. The minimum absolute atomic E-state index is 0. The van der Waals surface area contributed by atoms with Gasteiger partial charge in [0, 0.05) is 31.1 Å². The summed E-state index contributed by atoms with van der Waals surface area (Å²) < 4.78 is 10.9. The molecule has 2 unspecified atom stereocenters. The average molecular weight is 386 g/mol. The van der Waals surface area contributed by atoms with Crippen LogP contribution in [0.15, 0.2) is 18.2 Å². The van der Waals surface area contributed by atoms with Gasteiger partial charge in [-0.3, -0.25) is 9.59 Å². The van der Waals surface area contributed by atoms with E-state index in [1.807, 2.05) is 20.8 Å². The number of carbonyl (C=O) groups excluding carboxylic acids is 2. The van der Waals surface area contributed by atoms with Gasteiger partial charge in [-0.05, 0) is 25.1 Å². The van der Waals surface area contributed by atoms with E-state index in [4.69, 9.17) is 15.2 Å². The van der Waals surface area contributed by atoms with Crippen LogP contribution in [0.3, 0.4) is 0 Å². The van der Waals surface area contributed by atoms with Gasteiger partial charge < -0.3 is 25.8 Å². The Kier molecular flexibility index (Phi) is 7.04. The molecule has 1 aromatic carbocycles. The molecular formula is C18H28ClN3O4. The topological polar surface area (TPSA) is 103 Å². The minimum atomic E-state index is -1.01. The fourth-order valence-electron chi connectivity index (χ4n) is 3.14. The van der Waals surface area contributed by atoms with Gasteiger partial charge in [-0.2, -0.15) is 0 Å². The second-order valence-electron chi connectivity index (χ2n) is 6.89. The molecule has 8 heteroatoms. The summed E-state index contributed by atoms with van der Waals surface area (Å²) in [6.45, 7) is 7.79. The highest BCUT2D eigenvalue weighted by Gasteiger charge is 2.62. The number of anilines is 2. The second kappa shape index (κ2) is 8.24. The molecule has 1 saturated carbocycles. The number of amides is 2. The summed E-state index contributed by atoms with van der Waals surface area (Å²) in [7, 11) is 1.51. The van der Waals surface area contributed by atoms with Gasteiger partial charge in [-0.15, -0.1) is 12.4 Å². The maximum absolute atomic E-state index is 12.8. The zero-order chi connectivity index (χ0) is 18.8. The van der Waals surface area contributed by atoms with Gasteiger partial charge in [-0.25, -0.2) is 0 Å². The number of methoxy groups -OCH3 is 1. The largest absolute Gasteiger partial charge is 0.495 e. The van der Waals surface area contributed by atoms with E-state index in [1.54, 1.807) is 18.2 Å². The van der Waals surface area contributed by atoms with Gasteiger partial charge in [-0.1, -0.05) is 13.8 Å². The smallest absolute Gasteiger partial charge is 0.245 e. The van der Waals surface area contributed by atoms with Crippen LogP contribution in [-0.4, -0.2) is 37.2 Å². The summed E-state index contributed by atoms with van der Waals surface area (Å²) >= 11 is 0. The van der Waals surface area contributed by atoms with Crippen LogP contribution in [-0.2, 0) is 14.3 Å². The van der Waals surface area contributed by atoms with E-state index in [2.05, 4.69) is 10.6 Å². The first-order valence-corrected chi connectivity index (χ1v) is 8.33. The Hall–Kier alpha value is -1.83. The molecule has 26 heavy (non-hydrogen) atoms. The van der Waals surface area contributed by atoms with Crippen LogP contribution in [0, 0.1) is 5.41 Å². The van der Waals surface area contributed by atoms with Gasteiger partial charge in [0.15, 0.2) is 0 Å². The predicted octanol–water partition coefficient (Wildman–Crippen LogP) is 2.55. The molecule has 0 saturated heterocycles. The third-order valence-corrected chi connectivity index (χ3v) is 5.00. The van der Waals surface area contributed by atoms with E-state index in [0.717, 1.165) is 0 Å².